The summed E-state index contributed by atoms with van der Waals surface area (Å²) in [5, 5.41) is 0. The van der Waals surface area contributed by atoms with Gasteiger partial charge in [0.25, 0.3) is 5.91 Å². The zero-order valence-electron chi connectivity index (χ0n) is 20.2. The van der Waals surface area contributed by atoms with Crippen molar-refractivity contribution in [2.45, 2.75) is 44.4 Å². The molecule has 2 aromatic carbocycles. The number of hydrogen-bond donors (Lipinski definition) is 0. The maximum absolute atomic E-state index is 13.4. The van der Waals surface area contributed by atoms with E-state index in [1.807, 2.05) is 0 Å². The van der Waals surface area contributed by atoms with Crippen LogP contribution in [0.3, 0.4) is 0 Å². The number of nitrogens with zero attached hydrogens (tertiary/aromatic N) is 3. The molecule has 0 unspecified atom stereocenters. The van der Waals surface area contributed by atoms with Gasteiger partial charge in [-0.3, -0.25) is 9.59 Å². The minimum absolute atomic E-state index is 0.00134. The van der Waals surface area contributed by atoms with Crippen molar-refractivity contribution in [2.24, 2.45) is 0 Å². The van der Waals surface area contributed by atoms with Gasteiger partial charge in [-0.15, -0.1) is 0 Å². The van der Waals surface area contributed by atoms with Crippen LogP contribution in [0.2, 0.25) is 0 Å². The van der Waals surface area contributed by atoms with Crippen LogP contribution in [0, 0.1) is 13.8 Å². The summed E-state index contributed by atoms with van der Waals surface area (Å²) < 4.78 is 25.3. The van der Waals surface area contributed by atoms with Gasteiger partial charge < -0.3 is 14.7 Å². The molecule has 2 heterocycles. The van der Waals surface area contributed by atoms with Crippen LogP contribution in [0.4, 0.5) is 11.4 Å². The summed E-state index contributed by atoms with van der Waals surface area (Å²) in [7, 11) is -3.66. The molecular formula is C26H33N3O4S. The lowest BCUT2D eigenvalue weighted by Crippen LogP contribution is -2.49. The van der Waals surface area contributed by atoms with E-state index < -0.39 is 9.84 Å². The van der Waals surface area contributed by atoms with Crippen molar-refractivity contribution in [2.75, 3.05) is 48.8 Å². The Bertz CT molecular complexity index is 1200. The molecule has 2 aliphatic heterocycles. The summed E-state index contributed by atoms with van der Waals surface area (Å²) in [5.74, 6) is -0.284. The van der Waals surface area contributed by atoms with Gasteiger partial charge in [-0.1, -0.05) is 24.1 Å². The molecule has 0 saturated carbocycles. The molecular weight excluding hydrogens is 450 g/mol. The van der Waals surface area contributed by atoms with Gasteiger partial charge in [-0.25, -0.2) is 8.42 Å². The van der Waals surface area contributed by atoms with E-state index in [4.69, 9.17) is 0 Å². The van der Waals surface area contributed by atoms with Crippen LogP contribution in [0.15, 0.2) is 41.3 Å². The van der Waals surface area contributed by atoms with Gasteiger partial charge in [0.1, 0.15) is 0 Å². The second kappa shape index (κ2) is 9.78. The first kappa shape index (κ1) is 24.3. The second-order valence-corrected chi connectivity index (χ2v) is 11.4. The van der Waals surface area contributed by atoms with Gasteiger partial charge in [-0.2, -0.15) is 0 Å². The first-order valence-electron chi connectivity index (χ1n) is 11.9. The zero-order chi connectivity index (χ0) is 24.5. The Morgan fingerprint density at radius 3 is 2.29 bits per heavy atom. The van der Waals surface area contributed by atoms with Gasteiger partial charge in [-0.05, 0) is 56.5 Å². The van der Waals surface area contributed by atoms with E-state index in [-0.39, 0.29) is 22.3 Å². The van der Waals surface area contributed by atoms with E-state index in [0.717, 1.165) is 25.5 Å². The largest absolute Gasteiger partial charge is 0.368 e. The SMILES string of the molecule is Cc1ccc(N2CCN(C(=O)c3ccc(N4CCCCCC4=O)cc3S(C)(=O)=O)CC2)c(C)c1. The van der Waals surface area contributed by atoms with E-state index in [1.165, 1.54) is 22.9 Å². The average molecular weight is 484 g/mol. The summed E-state index contributed by atoms with van der Waals surface area (Å²) >= 11 is 0. The van der Waals surface area contributed by atoms with Crippen LogP contribution >= 0.6 is 0 Å². The molecule has 0 atom stereocenters. The lowest BCUT2D eigenvalue weighted by molar-refractivity contribution is -0.118. The number of anilines is 2. The van der Waals surface area contributed by atoms with Crippen molar-refractivity contribution in [3.63, 3.8) is 0 Å². The molecule has 2 amide bonds. The van der Waals surface area contributed by atoms with Crippen molar-refractivity contribution in [1.82, 2.24) is 4.90 Å². The first-order valence-corrected chi connectivity index (χ1v) is 13.8. The standard InChI is InChI=1S/C26H33N3O4S/c1-19-8-11-23(20(2)17-19)27-13-15-28(16-14-27)26(31)22-10-9-21(18-24(22)34(3,32)33)29-12-6-4-5-7-25(29)30/h8-11,17-18H,4-7,12-16H2,1-3H3. The van der Waals surface area contributed by atoms with Crippen molar-refractivity contribution in [1.29, 1.82) is 0 Å². The molecule has 2 aromatic rings. The number of aryl methyl sites for hydroxylation is 2. The molecule has 0 bridgehead atoms. The summed E-state index contributed by atoms with van der Waals surface area (Å²) in [6.45, 7) is 7.13. The number of hydrogen-bond acceptors (Lipinski definition) is 5. The predicted molar refractivity (Wildman–Crippen MR) is 134 cm³/mol. The van der Waals surface area contributed by atoms with E-state index in [2.05, 4.69) is 36.9 Å². The smallest absolute Gasteiger partial charge is 0.255 e. The molecule has 0 spiro atoms. The van der Waals surface area contributed by atoms with Gasteiger partial charge in [0.05, 0.1) is 10.5 Å². The molecule has 2 fully saturated rings. The monoisotopic (exact) mass is 483 g/mol. The van der Waals surface area contributed by atoms with Crippen molar-refractivity contribution >= 4 is 33.0 Å². The lowest BCUT2D eigenvalue weighted by atomic mass is 10.1. The van der Waals surface area contributed by atoms with Crippen molar-refractivity contribution in [3.05, 3.63) is 53.1 Å². The number of sulfone groups is 1. The number of carbonyl (C=O) groups excluding carboxylic acids is 2. The lowest BCUT2D eigenvalue weighted by Gasteiger charge is -2.37. The number of carbonyl (C=O) groups is 2. The summed E-state index contributed by atoms with van der Waals surface area (Å²) in [4.78, 5) is 31.6. The molecule has 7 nitrogen and oxygen atoms in total. The Labute approximate surface area is 202 Å². The number of benzene rings is 2. The van der Waals surface area contributed by atoms with Gasteiger partial charge in [0.2, 0.25) is 5.91 Å². The highest BCUT2D eigenvalue weighted by atomic mass is 32.2. The highest BCUT2D eigenvalue weighted by Gasteiger charge is 2.28. The fourth-order valence-corrected chi connectivity index (χ4v) is 5.79. The molecule has 182 valence electrons. The minimum Gasteiger partial charge on any atom is -0.368 e. The third kappa shape index (κ3) is 5.12. The Morgan fingerprint density at radius 2 is 1.62 bits per heavy atom. The summed E-state index contributed by atoms with van der Waals surface area (Å²) in [6, 6.07) is 11.1. The quantitative estimate of drug-likeness (QED) is 0.664. The molecule has 34 heavy (non-hydrogen) atoms. The third-order valence-corrected chi connectivity index (χ3v) is 7.88. The Balaban J connectivity index is 1.55. The van der Waals surface area contributed by atoms with Crippen molar-refractivity contribution in [3.8, 4) is 0 Å². The Morgan fingerprint density at radius 1 is 0.882 bits per heavy atom. The molecule has 8 heteroatoms. The maximum Gasteiger partial charge on any atom is 0.255 e. The topological polar surface area (TPSA) is 78.0 Å². The number of rotatable bonds is 4. The molecule has 0 aromatic heterocycles. The molecule has 2 aliphatic rings. The van der Waals surface area contributed by atoms with Crippen LogP contribution in [-0.2, 0) is 14.6 Å². The van der Waals surface area contributed by atoms with E-state index in [1.54, 1.807) is 21.9 Å². The third-order valence-electron chi connectivity index (χ3n) is 6.74. The highest BCUT2D eigenvalue weighted by molar-refractivity contribution is 7.90. The van der Waals surface area contributed by atoms with E-state index in [9.17, 15) is 18.0 Å². The molecule has 0 N–H and O–H groups in total. The number of amides is 2. The first-order chi connectivity index (χ1) is 16.1. The highest BCUT2D eigenvalue weighted by Crippen LogP contribution is 2.28. The molecule has 0 aliphatic carbocycles. The summed E-state index contributed by atoms with van der Waals surface area (Å²) in [5.41, 5.74) is 4.31. The van der Waals surface area contributed by atoms with Crippen LogP contribution in [0.1, 0.15) is 47.2 Å². The maximum atomic E-state index is 13.4. The average Bonchev–Trinajstić information content (AvgIpc) is 3.02. The Hall–Kier alpha value is -2.87. The predicted octanol–water partition coefficient (Wildman–Crippen LogP) is 3.58. The fraction of sp³-hybridized carbons (Fsp3) is 0.462. The van der Waals surface area contributed by atoms with Gasteiger partial charge in [0.15, 0.2) is 9.84 Å². The van der Waals surface area contributed by atoms with Gasteiger partial charge >= 0.3 is 0 Å². The molecule has 4 rings (SSSR count). The number of piperazine rings is 1. The van der Waals surface area contributed by atoms with Crippen LogP contribution in [0.5, 0.6) is 0 Å². The van der Waals surface area contributed by atoms with E-state index in [0.29, 0.717) is 44.8 Å². The van der Waals surface area contributed by atoms with Crippen LogP contribution in [-0.4, -0.2) is 64.1 Å². The van der Waals surface area contributed by atoms with Crippen molar-refractivity contribution < 1.29 is 18.0 Å². The zero-order valence-corrected chi connectivity index (χ0v) is 21.0. The molecule has 2 saturated heterocycles. The van der Waals surface area contributed by atoms with Crippen LogP contribution < -0.4 is 9.80 Å². The van der Waals surface area contributed by atoms with Crippen LogP contribution in [0.25, 0.3) is 0 Å². The normalized spacial score (nSPS) is 17.6. The second-order valence-electron chi connectivity index (χ2n) is 9.38. The fourth-order valence-electron chi connectivity index (χ4n) is 4.90. The molecule has 0 radical (unpaired) electrons. The summed E-state index contributed by atoms with van der Waals surface area (Å²) in [6.07, 6.45) is 4.28. The van der Waals surface area contributed by atoms with E-state index >= 15 is 0 Å². The minimum atomic E-state index is -3.66. The van der Waals surface area contributed by atoms with Gasteiger partial charge in [0, 0.05) is 56.8 Å². The Kier molecular flexibility index (Phi) is 6.98.